The van der Waals surface area contributed by atoms with E-state index in [4.69, 9.17) is 17.3 Å². The van der Waals surface area contributed by atoms with Crippen molar-refractivity contribution in [2.75, 3.05) is 11.1 Å². The lowest BCUT2D eigenvalue weighted by molar-refractivity contribution is -0.119. The summed E-state index contributed by atoms with van der Waals surface area (Å²) in [4.78, 5) is 12.1. The molecule has 0 saturated heterocycles. The van der Waals surface area contributed by atoms with E-state index in [-0.39, 0.29) is 5.91 Å². The predicted octanol–water partition coefficient (Wildman–Crippen LogP) is 2.63. The topological polar surface area (TPSA) is 72.9 Å². The summed E-state index contributed by atoms with van der Waals surface area (Å²) >= 11 is 5.88. The highest BCUT2D eigenvalue weighted by molar-refractivity contribution is 6.31. The Morgan fingerprint density at radius 1 is 1.47 bits per heavy atom. The van der Waals surface area contributed by atoms with Crippen molar-refractivity contribution in [3.8, 4) is 0 Å². The second-order valence-corrected chi connectivity index (χ2v) is 4.77. The summed E-state index contributed by atoms with van der Waals surface area (Å²) in [5, 5.41) is 7.48. The van der Waals surface area contributed by atoms with E-state index >= 15 is 0 Å². The minimum Gasteiger partial charge on any atom is -0.397 e. The molecule has 0 saturated carbocycles. The summed E-state index contributed by atoms with van der Waals surface area (Å²) < 4.78 is 1.60. The number of hydrogen-bond acceptors (Lipinski definition) is 3. The number of anilines is 2. The van der Waals surface area contributed by atoms with Crippen LogP contribution in [-0.2, 0) is 4.79 Å². The Balaban J connectivity index is 2.14. The van der Waals surface area contributed by atoms with Gasteiger partial charge in [0, 0.05) is 11.2 Å². The number of carbonyl (C=O) groups excluding carboxylic acids is 1. The van der Waals surface area contributed by atoms with E-state index in [1.807, 2.05) is 13.0 Å². The van der Waals surface area contributed by atoms with Gasteiger partial charge in [-0.2, -0.15) is 5.10 Å². The number of amides is 1. The van der Waals surface area contributed by atoms with Gasteiger partial charge in [0.15, 0.2) is 0 Å². The molecule has 0 bridgehead atoms. The first kappa shape index (κ1) is 13.4. The van der Waals surface area contributed by atoms with Crippen LogP contribution in [0, 0.1) is 6.92 Å². The summed E-state index contributed by atoms with van der Waals surface area (Å²) in [5.74, 6) is -0.197. The number of carbonyl (C=O) groups is 1. The van der Waals surface area contributed by atoms with Crippen molar-refractivity contribution in [3.63, 3.8) is 0 Å². The summed E-state index contributed by atoms with van der Waals surface area (Å²) in [6.07, 6.45) is 1.76. The Kier molecular flexibility index (Phi) is 3.76. The summed E-state index contributed by atoms with van der Waals surface area (Å²) in [7, 11) is 0. The zero-order valence-electron chi connectivity index (χ0n) is 10.7. The maximum Gasteiger partial charge on any atom is 0.249 e. The van der Waals surface area contributed by atoms with Crippen LogP contribution in [0.25, 0.3) is 0 Å². The molecule has 1 heterocycles. The zero-order chi connectivity index (χ0) is 14.0. The molecule has 3 N–H and O–H groups in total. The van der Waals surface area contributed by atoms with Crippen LogP contribution in [0.3, 0.4) is 0 Å². The van der Waals surface area contributed by atoms with Crippen LogP contribution in [0.2, 0.25) is 5.02 Å². The van der Waals surface area contributed by atoms with Crippen molar-refractivity contribution in [2.45, 2.75) is 19.9 Å². The van der Waals surface area contributed by atoms with Gasteiger partial charge in [0.25, 0.3) is 0 Å². The number of hydrogen-bond donors (Lipinski definition) is 2. The molecule has 19 heavy (non-hydrogen) atoms. The summed E-state index contributed by atoms with van der Waals surface area (Å²) in [6.45, 7) is 3.64. The van der Waals surface area contributed by atoms with Crippen LogP contribution < -0.4 is 11.1 Å². The molecule has 100 valence electrons. The van der Waals surface area contributed by atoms with Gasteiger partial charge in [0.05, 0.1) is 17.1 Å². The fourth-order valence-electron chi connectivity index (χ4n) is 1.64. The van der Waals surface area contributed by atoms with Gasteiger partial charge in [-0.1, -0.05) is 11.6 Å². The largest absolute Gasteiger partial charge is 0.397 e. The van der Waals surface area contributed by atoms with Crippen LogP contribution in [0.5, 0.6) is 0 Å². The average molecular weight is 279 g/mol. The van der Waals surface area contributed by atoms with Gasteiger partial charge in [0.1, 0.15) is 6.04 Å². The Bertz CT molecular complexity index is 608. The smallest absolute Gasteiger partial charge is 0.249 e. The van der Waals surface area contributed by atoms with E-state index in [1.54, 1.807) is 36.0 Å². The Labute approximate surface area is 116 Å². The van der Waals surface area contributed by atoms with E-state index in [1.165, 1.54) is 0 Å². The molecule has 2 aromatic rings. The molecular formula is C13H15ClN4O. The molecule has 0 aliphatic heterocycles. The molecule has 1 amide bonds. The number of nitrogens with zero attached hydrogens (tertiary/aromatic N) is 2. The van der Waals surface area contributed by atoms with Crippen LogP contribution >= 0.6 is 11.6 Å². The molecule has 0 aliphatic rings. The average Bonchev–Trinajstić information content (AvgIpc) is 2.79. The van der Waals surface area contributed by atoms with Gasteiger partial charge in [-0.25, -0.2) is 0 Å². The van der Waals surface area contributed by atoms with E-state index in [0.717, 1.165) is 5.69 Å². The van der Waals surface area contributed by atoms with Gasteiger partial charge in [-0.3, -0.25) is 9.48 Å². The number of benzene rings is 1. The van der Waals surface area contributed by atoms with Crippen LogP contribution in [0.4, 0.5) is 11.4 Å². The molecule has 1 aromatic carbocycles. The van der Waals surface area contributed by atoms with Gasteiger partial charge < -0.3 is 11.1 Å². The molecule has 1 aromatic heterocycles. The third-order valence-corrected chi connectivity index (χ3v) is 3.03. The molecule has 6 heteroatoms. The normalized spacial score (nSPS) is 12.2. The van der Waals surface area contributed by atoms with Crippen LogP contribution in [0.1, 0.15) is 18.7 Å². The number of aromatic nitrogens is 2. The standard InChI is InChI=1S/C13H15ClN4O/c1-8-5-6-18(17-8)9(2)13(19)16-12-7-10(14)3-4-11(12)15/h3-7,9H,15H2,1-2H3,(H,16,19). The molecule has 0 aliphatic carbocycles. The first-order chi connectivity index (χ1) is 8.97. The number of rotatable bonds is 3. The lowest BCUT2D eigenvalue weighted by Crippen LogP contribution is -2.24. The lowest BCUT2D eigenvalue weighted by atomic mass is 10.2. The van der Waals surface area contributed by atoms with Crippen molar-refractivity contribution in [3.05, 3.63) is 41.2 Å². The SMILES string of the molecule is Cc1ccn(C(C)C(=O)Nc2cc(Cl)ccc2N)n1. The number of nitrogens with one attached hydrogen (secondary N) is 1. The fourth-order valence-corrected chi connectivity index (χ4v) is 1.81. The van der Waals surface area contributed by atoms with E-state index in [0.29, 0.717) is 16.4 Å². The fraction of sp³-hybridized carbons (Fsp3) is 0.231. The van der Waals surface area contributed by atoms with Crippen LogP contribution in [0.15, 0.2) is 30.5 Å². The predicted molar refractivity (Wildman–Crippen MR) is 76.2 cm³/mol. The van der Waals surface area contributed by atoms with E-state index < -0.39 is 6.04 Å². The molecule has 0 fully saturated rings. The van der Waals surface area contributed by atoms with E-state index in [9.17, 15) is 4.79 Å². The molecule has 2 rings (SSSR count). The highest BCUT2D eigenvalue weighted by Gasteiger charge is 2.16. The Morgan fingerprint density at radius 2 is 2.21 bits per heavy atom. The van der Waals surface area contributed by atoms with Crippen molar-refractivity contribution in [1.29, 1.82) is 0 Å². The second kappa shape index (κ2) is 5.32. The third kappa shape index (κ3) is 3.06. The maximum absolute atomic E-state index is 12.1. The zero-order valence-corrected chi connectivity index (χ0v) is 11.5. The highest BCUT2D eigenvalue weighted by Crippen LogP contribution is 2.23. The first-order valence-electron chi connectivity index (χ1n) is 5.85. The van der Waals surface area contributed by atoms with Crippen molar-refractivity contribution >= 4 is 28.9 Å². The number of halogens is 1. The number of nitrogens with two attached hydrogens (primary N) is 1. The van der Waals surface area contributed by atoms with Gasteiger partial charge >= 0.3 is 0 Å². The van der Waals surface area contributed by atoms with Gasteiger partial charge in [-0.05, 0) is 38.1 Å². The molecule has 5 nitrogen and oxygen atoms in total. The molecule has 1 unspecified atom stereocenters. The van der Waals surface area contributed by atoms with Crippen molar-refractivity contribution < 1.29 is 4.79 Å². The Hall–Kier alpha value is -2.01. The number of nitrogen functional groups attached to an aromatic ring is 1. The number of aryl methyl sites for hydroxylation is 1. The minimum atomic E-state index is -0.424. The summed E-state index contributed by atoms with van der Waals surface area (Å²) in [6, 6.07) is 6.37. The maximum atomic E-state index is 12.1. The quantitative estimate of drug-likeness (QED) is 0.848. The minimum absolute atomic E-state index is 0.197. The molecular weight excluding hydrogens is 264 g/mol. The van der Waals surface area contributed by atoms with Gasteiger partial charge in [0.2, 0.25) is 5.91 Å². The van der Waals surface area contributed by atoms with Gasteiger partial charge in [-0.15, -0.1) is 0 Å². The third-order valence-electron chi connectivity index (χ3n) is 2.79. The molecule has 0 spiro atoms. The van der Waals surface area contributed by atoms with Crippen LogP contribution in [-0.4, -0.2) is 15.7 Å². The lowest BCUT2D eigenvalue weighted by Gasteiger charge is -2.14. The van der Waals surface area contributed by atoms with Crippen molar-refractivity contribution in [1.82, 2.24) is 9.78 Å². The highest BCUT2D eigenvalue weighted by atomic mass is 35.5. The second-order valence-electron chi connectivity index (χ2n) is 4.33. The first-order valence-corrected chi connectivity index (χ1v) is 6.23. The monoisotopic (exact) mass is 278 g/mol. The Morgan fingerprint density at radius 3 is 2.84 bits per heavy atom. The molecule has 1 atom stereocenters. The molecule has 0 radical (unpaired) electrons. The van der Waals surface area contributed by atoms with E-state index in [2.05, 4.69) is 10.4 Å². The van der Waals surface area contributed by atoms with Crippen molar-refractivity contribution in [2.24, 2.45) is 0 Å². The summed E-state index contributed by atoms with van der Waals surface area (Å²) in [5.41, 5.74) is 7.63.